The van der Waals surface area contributed by atoms with Gasteiger partial charge in [-0.2, -0.15) is 4.98 Å². The normalized spacial score (nSPS) is 10.8. The standard InChI is InChI=1S/C15H15ClN4S/c1-2-17-15-19-13(11-7-8-21-14(11)20-15)18-9-10-5-3-4-6-12(10)16/h3-8H,2,9H2,1H3,(H2,17,18,19,20). The first-order chi connectivity index (χ1) is 10.3. The molecule has 0 aliphatic heterocycles. The summed E-state index contributed by atoms with van der Waals surface area (Å²) in [6.07, 6.45) is 0. The molecule has 2 N–H and O–H groups in total. The zero-order chi connectivity index (χ0) is 14.7. The van der Waals surface area contributed by atoms with Crippen LogP contribution in [-0.2, 0) is 6.54 Å². The summed E-state index contributed by atoms with van der Waals surface area (Å²) in [5, 5.41) is 10.3. The second-order valence-corrected chi connectivity index (χ2v) is 5.81. The molecule has 0 saturated carbocycles. The van der Waals surface area contributed by atoms with Crippen molar-refractivity contribution in [2.24, 2.45) is 0 Å². The minimum absolute atomic E-state index is 0.632. The molecule has 0 atom stereocenters. The van der Waals surface area contributed by atoms with E-state index in [1.165, 1.54) is 0 Å². The highest BCUT2D eigenvalue weighted by atomic mass is 35.5. The second-order valence-electron chi connectivity index (χ2n) is 4.51. The van der Waals surface area contributed by atoms with Crippen molar-refractivity contribution < 1.29 is 0 Å². The molecule has 3 rings (SSSR count). The molecule has 0 aliphatic carbocycles. The Morgan fingerprint density at radius 1 is 1.14 bits per heavy atom. The van der Waals surface area contributed by atoms with Crippen LogP contribution < -0.4 is 10.6 Å². The van der Waals surface area contributed by atoms with E-state index in [2.05, 4.69) is 20.6 Å². The van der Waals surface area contributed by atoms with Crippen molar-refractivity contribution in [3.63, 3.8) is 0 Å². The predicted molar refractivity (Wildman–Crippen MR) is 90.4 cm³/mol. The van der Waals surface area contributed by atoms with E-state index in [0.29, 0.717) is 12.5 Å². The van der Waals surface area contributed by atoms with Gasteiger partial charge in [0.2, 0.25) is 5.95 Å². The minimum atomic E-state index is 0.632. The molecule has 0 amide bonds. The lowest BCUT2D eigenvalue weighted by Gasteiger charge is -2.10. The zero-order valence-corrected chi connectivity index (χ0v) is 13.1. The van der Waals surface area contributed by atoms with Crippen LogP contribution in [0.25, 0.3) is 10.2 Å². The van der Waals surface area contributed by atoms with E-state index in [1.807, 2.05) is 42.6 Å². The molecule has 0 bridgehead atoms. The smallest absolute Gasteiger partial charge is 0.226 e. The van der Waals surface area contributed by atoms with E-state index in [4.69, 9.17) is 11.6 Å². The van der Waals surface area contributed by atoms with Gasteiger partial charge in [-0.25, -0.2) is 4.98 Å². The van der Waals surface area contributed by atoms with Gasteiger partial charge in [-0.05, 0) is 30.0 Å². The van der Waals surface area contributed by atoms with Crippen LogP contribution in [0.2, 0.25) is 5.02 Å². The number of aromatic nitrogens is 2. The molecule has 0 spiro atoms. The molecule has 0 saturated heterocycles. The summed E-state index contributed by atoms with van der Waals surface area (Å²) in [4.78, 5) is 10.0. The van der Waals surface area contributed by atoms with Gasteiger partial charge in [0.15, 0.2) is 0 Å². The Hall–Kier alpha value is -1.85. The maximum atomic E-state index is 6.19. The number of benzene rings is 1. The van der Waals surface area contributed by atoms with Gasteiger partial charge in [0.1, 0.15) is 10.6 Å². The summed E-state index contributed by atoms with van der Waals surface area (Å²) < 4.78 is 0. The van der Waals surface area contributed by atoms with Gasteiger partial charge >= 0.3 is 0 Å². The topological polar surface area (TPSA) is 49.8 Å². The Bertz CT molecular complexity index is 756. The van der Waals surface area contributed by atoms with Crippen LogP contribution in [0.15, 0.2) is 35.7 Å². The van der Waals surface area contributed by atoms with Crippen molar-refractivity contribution in [3.05, 3.63) is 46.3 Å². The Labute approximate surface area is 132 Å². The Morgan fingerprint density at radius 3 is 2.81 bits per heavy atom. The summed E-state index contributed by atoms with van der Waals surface area (Å²) >= 11 is 7.79. The Kier molecular flexibility index (Phi) is 4.22. The monoisotopic (exact) mass is 318 g/mol. The number of hydrogen-bond acceptors (Lipinski definition) is 5. The van der Waals surface area contributed by atoms with Crippen molar-refractivity contribution in [1.82, 2.24) is 9.97 Å². The molecule has 108 valence electrons. The SMILES string of the molecule is CCNc1nc(NCc2ccccc2Cl)c2ccsc2n1. The third-order valence-corrected chi connectivity index (χ3v) is 4.24. The van der Waals surface area contributed by atoms with Gasteiger partial charge in [-0.1, -0.05) is 29.8 Å². The Morgan fingerprint density at radius 2 is 2.00 bits per heavy atom. The lowest BCUT2D eigenvalue weighted by molar-refractivity contribution is 1.08. The van der Waals surface area contributed by atoms with Crippen LogP contribution in [0, 0.1) is 0 Å². The molecule has 0 radical (unpaired) electrons. The molecule has 2 aromatic heterocycles. The summed E-state index contributed by atoms with van der Waals surface area (Å²) in [6, 6.07) is 9.84. The molecular weight excluding hydrogens is 304 g/mol. The minimum Gasteiger partial charge on any atom is -0.365 e. The fourth-order valence-corrected chi connectivity index (χ4v) is 3.01. The van der Waals surface area contributed by atoms with E-state index in [9.17, 15) is 0 Å². The molecule has 6 heteroatoms. The van der Waals surface area contributed by atoms with Gasteiger partial charge in [0.05, 0.1) is 5.39 Å². The molecule has 3 aromatic rings. The second kappa shape index (κ2) is 6.28. The van der Waals surface area contributed by atoms with E-state index >= 15 is 0 Å². The first-order valence-electron chi connectivity index (χ1n) is 6.74. The fourth-order valence-electron chi connectivity index (χ4n) is 2.05. The third kappa shape index (κ3) is 3.09. The number of nitrogens with one attached hydrogen (secondary N) is 2. The van der Waals surface area contributed by atoms with Crippen LogP contribution in [0.5, 0.6) is 0 Å². The van der Waals surface area contributed by atoms with Gasteiger partial charge in [-0.15, -0.1) is 11.3 Å². The maximum Gasteiger partial charge on any atom is 0.226 e. The van der Waals surface area contributed by atoms with Crippen LogP contribution in [0.1, 0.15) is 12.5 Å². The van der Waals surface area contributed by atoms with Crippen molar-refractivity contribution in [1.29, 1.82) is 0 Å². The number of rotatable bonds is 5. The summed E-state index contributed by atoms with van der Waals surface area (Å²) in [5.41, 5.74) is 1.05. The molecule has 4 nitrogen and oxygen atoms in total. The average Bonchev–Trinajstić information content (AvgIpc) is 2.95. The van der Waals surface area contributed by atoms with Gasteiger partial charge in [-0.3, -0.25) is 0 Å². The summed E-state index contributed by atoms with van der Waals surface area (Å²) in [6.45, 7) is 3.45. The van der Waals surface area contributed by atoms with Crippen molar-refractivity contribution in [3.8, 4) is 0 Å². The molecule has 21 heavy (non-hydrogen) atoms. The summed E-state index contributed by atoms with van der Waals surface area (Å²) in [5.74, 6) is 1.48. The highest BCUT2D eigenvalue weighted by Crippen LogP contribution is 2.27. The van der Waals surface area contributed by atoms with E-state index in [1.54, 1.807) is 11.3 Å². The fraction of sp³-hybridized carbons (Fsp3) is 0.200. The van der Waals surface area contributed by atoms with Crippen LogP contribution in [0.4, 0.5) is 11.8 Å². The number of hydrogen-bond donors (Lipinski definition) is 2. The molecular formula is C15H15ClN4S. The first kappa shape index (κ1) is 14.1. The van der Waals surface area contributed by atoms with Gasteiger partial charge < -0.3 is 10.6 Å². The number of nitrogens with zero attached hydrogens (tertiary/aromatic N) is 2. The zero-order valence-electron chi connectivity index (χ0n) is 11.6. The number of halogens is 1. The first-order valence-corrected chi connectivity index (χ1v) is 8.00. The predicted octanol–water partition coefficient (Wildman–Crippen LogP) is 4.39. The highest BCUT2D eigenvalue weighted by molar-refractivity contribution is 7.16. The molecule has 0 fully saturated rings. The summed E-state index contributed by atoms with van der Waals surface area (Å²) in [7, 11) is 0. The van der Waals surface area contributed by atoms with Gasteiger partial charge in [0.25, 0.3) is 0 Å². The number of fused-ring (bicyclic) bond motifs is 1. The number of anilines is 2. The molecule has 1 aromatic carbocycles. The lowest BCUT2D eigenvalue weighted by atomic mass is 10.2. The Balaban J connectivity index is 1.89. The van der Waals surface area contributed by atoms with Crippen LogP contribution in [-0.4, -0.2) is 16.5 Å². The molecule has 0 unspecified atom stereocenters. The molecule has 0 aliphatic rings. The van der Waals surface area contributed by atoms with E-state index in [-0.39, 0.29) is 0 Å². The van der Waals surface area contributed by atoms with E-state index < -0.39 is 0 Å². The third-order valence-electron chi connectivity index (χ3n) is 3.06. The van der Waals surface area contributed by atoms with Crippen LogP contribution in [0.3, 0.4) is 0 Å². The van der Waals surface area contributed by atoms with Crippen molar-refractivity contribution in [2.45, 2.75) is 13.5 Å². The van der Waals surface area contributed by atoms with E-state index in [0.717, 1.165) is 33.2 Å². The van der Waals surface area contributed by atoms with Crippen molar-refractivity contribution in [2.75, 3.05) is 17.2 Å². The van der Waals surface area contributed by atoms with Crippen molar-refractivity contribution >= 4 is 44.9 Å². The highest BCUT2D eigenvalue weighted by Gasteiger charge is 2.09. The maximum absolute atomic E-state index is 6.19. The van der Waals surface area contributed by atoms with Crippen LogP contribution >= 0.6 is 22.9 Å². The van der Waals surface area contributed by atoms with Gasteiger partial charge in [0, 0.05) is 18.1 Å². The molecule has 2 heterocycles. The average molecular weight is 319 g/mol. The largest absolute Gasteiger partial charge is 0.365 e. The lowest BCUT2D eigenvalue weighted by Crippen LogP contribution is -2.07. The number of thiophene rings is 1. The quantitative estimate of drug-likeness (QED) is 0.732.